The van der Waals surface area contributed by atoms with Crippen LogP contribution >= 0.6 is 0 Å². The maximum absolute atomic E-state index is 11.3. The molecule has 2 atom stereocenters. The van der Waals surface area contributed by atoms with Crippen molar-refractivity contribution >= 4 is 11.9 Å². The zero-order chi connectivity index (χ0) is 10.2. The number of hydrogen-bond donors (Lipinski definition) is 2. The Morgan fingerprint density at radius 3 is 2.23 bits per heavy atom. The first-order chi connectivity index (χ1) is 5.90. The number of hydrogen-bond acceptors (Lipinski definition) is 2. The van der Waals surface area contributed by atoms with Gasteiger partial charge in [-0.25, -0.2) is 4.79 Å². The van der Waals surface area contributed by atoms with Crippen molar-refractivity contribution in [2.45, 2.75) is 32.7 Å². The van der Waals surface area contributed by atoms with Crippen molar-refractivity contribution in [2.75, 3.05) is 0 Å². The fourth-order valence-electron chi connectivity index (χ4n) is 1.31. The average Bonchev–Trinajstić information content (AvgIpc) is 2.62. The summed E-state index contributed by atoms with van der Waals surface area (Å²) in [7, 11) is 0. The van der Waals surface area contributed by atoms with Crippen LogP contribution in [0.2, 0.25) is 0 Å². The van der Waals surface area contributed by atoms with Gasteiger partial charge in [0.05, 0.1) is 0 Å². The molecule has 1 rings (SSSR count). The number of carbonyl (C=O) groups excluding carboxylic acids is 1. The third kappa shape index (κ3) is 1.66. The molecule has 0 saturated heterocycles. The highest BCUT2D eigenvalue weighted by molar-refractivity contribution is 5.90. The molecule has 74 valence electrons. The Hall–Kier alpha value is -1.06. The number of nitrogens with one attached hydrogen (secondary N) is 1. The lowest BCUT2D eigenvalue weighted by molar-refractivity contribution is -0.144. The highest BCUT2D eigenvalue weighted by Crippen LogP contribution is 2.43. The van der Waals surface area contributed by atoms with E-state index in [2.05, 4.69) is 5.32 Å². The van der Waals surface area contributed by atoms with Crippen LogP contribution in [-0.2, 0) is 9.59 Å². The summed E-state index contributed by atoms with van der Waals surface area (Å²) in [6.45, 7) is 5.32. The lowest BCUT2D eigenvalue weighted by Gasteiger charge is -2.15. The average molecular weight is 185 g/mol. The molecule has 13 heavy (non-hydrogen) atoms. The summed E-state index contributed by atoms with van der Waals surface area (Å²) >= 11 is 0. The van der Waals surface area contributed by atoms with E-state index in [1.165, 1.54) is 0 Å². The number of carboxylic acids is 1. The zero-order valence-corrected chi connectivity index (χ0v) is 8.13. The molecule has 4 heteroatoms. The van der Waals surface area contributed by atoms with E-state index in [1.54, 1.807) is 13.8 Å². The third-order valence-electron chi connectivity index (χ3n) is 2.56. The van der Waals surface area contributed by atoms with Gasteiger partial charge in [-0.1, -0.05) is 20.8 Å². The van der Waals surface area contributed by atoms with Gasteiger partial charge in [0.2, 0.25) is 5.91 Å². The Kier molecular flexibility index (Phi) is 2.32. The van der Waals surface area contributed by atoms with Crippen LogP contribution in [0.5, 0.6) is 0 Å². The molecule has 1 unspecified atom stereocenters. The van der Waals surface area contributed by atoms with E-state index in [0.717, 1.165) is 0 Å². The van der Waals surface area contributed by atoms with Gasteiger partial charge < -0.3 is 10.4 Å². The first kappa shape index (κ1) is 10.0. The predicted octanol–water partition coefficient (Wildman–Crippen LogP) is 0.622. The van der Waals surface area contributed by atoms with Crippen molar-refractivity contribution in [3.63, 3.8) is 0 Å². The summed E-state index contributed by atoms with van der Waals surface area (Å²) in [5, 5.41) is 11.5. The Bertz CT molecular complexity index is 249. The largest absolute Gasteiger partial charge is 0.479 e. The van der Waals surface area contributed by atoms with E-state index < -0.39 is 11.5 Å². The minimum Gasteiger partial charge on any atom is -0.479 e. The molecular weight excluding hydrogens is 170 g/mol. The van der Waals surface area contributed by atoms with Gasteiger partial charge in [-0.3, -0.25) is 4.79 Å². The van der Waals surface area contributed by atoms with Crippen LogP contribution in [0.3, 0.4) is 0 Å². The summed E-state index contributed by atoms with van der Waals surface area (Å²) < 4.78 is 0. The first-order valence-corrected chi connectivity index (χ1v) is 4.45. The van der Waals surface area contributed by atoms with E-state index >= 15 is 0 Å². The first-order valence-electron chi connectivity index (χ1n) is 4.45. The van der Waals surface area contributed by atoms with E-state index in [4.69, 9.17) is 5.11 Å². The van der Waals surface area contributed by atoms with Crippen molar-refractivity contribution in [1.29, 1.82) is 0 Å². The third-order valence-corrected chi connectivity index (χ3v) is 2.56. The number of carbonyl (C=O) groups is 2. The number of carboxylic acid groups (broad SMARTS) is 1. The molecule has 0 radical (unpaired) electrons. The van der Waals surface area contributed by atoms with Crippen molar-refractivity contribution in [1.82, 2.24) is 5.32 Å². The topological polar surface area (TPSA) is 66.4 Å². The predicted molar refractivity (Wildman–Crippen MR) is 47.1 cm³/mol. The Labute approximate surface area is 77.3 Å². The van der Waals surface area contributed by atoms with Crippen LogP contribution in [0.1, 0.15) is 27.2 Å². The van der Waals surface area contributed by atoms with Gasteiger partial charge in [0.25, 0.3) is 0 Å². The molecule has 0 heterocycles. The van der Waals surface area contributed by atoms with Gasteiger partial charge in [0.15, 0.2) is 0 Å². The molecular formula is C9H15NO3. The Morgan fingerprint density at radius 2 is 2.00 bits per heavy atom. The van der Waals surface area contributed by atoms with Crippen molar-refractivity contribution in [3.05, 3.63) is 0 Å². The molecule has 0 aromatic heterocycles. The molecule has 0 aromatic rings. The minimum absolute atomic E-state index is 0.0488. The van der Waals surface area contributed by atoms with Gasteiger partial charge in [0, 0.05) is 5.92 Å². The van der Waals surface area contributed by atoms with Gasteiger partial charge in [-0.05, 0) is 12.3 Å². The Balaban J connectivity index is 2.62. The smallest absolute Gasteiger partial charge is 0.329 e. The standard InChI is InChI=1S/C9H15NO3/c1-5(2)7(11)10-9(8(12)13)4-6(9)3/h5-6H,4H2,1-3H3,(H,10,11)(H,12,13)/t6?,9-/m1/s1. The maximum atomic E-state index is 11.3. The molecule has 4 nitrogen and oxygen atoms in total. The number of rotatable bonds is 3. The van der Waals surface area contributed by atoms with E-state index in [1.807, 2.05) is 6.92 Å². The minimum atomic E-state index is -0.971. The maximum Gasteiger partial charge on any atom is 0.329 e. The van der Waals surface area contributed by atoms with Crippen LogP contribution in [0.4, 0.5) is 0 Å². The molecule has 0 bridgehead atoms. The number of aliphatic carboxylic acids is 1. The van der Waals surface area contributed by atoms with Crippen molar-refractivity contribution in [2.24, 2.45) is 11.8 Å². The molecule has 0 spiro atoms. The fraction of sp³-hybridized carbons (Fsp3) is 0.778. The van der Waals surface area contributed by atoms with Crippen molar-refractivity contribution < 1.29 is 14.7 Å². The number of amides is 1. The second-order valence-electron chi connectivity index (χ2n) is 4.03. The van der Waals surface area contributed by atoms with Crippen LogP contribution < -0.4 is 5.32 Å². The summed E-state index contributed by atoms with van der Waals surface area (Å²) in [6.07, 6.45) is 0.542. The van der Waals surface area contributed by atoms with Crippen LogP contribution in [0.15, 0.2) is 0 Å². The van der Waals surface area contributed by atoms with E-state index in [0.29, 0.717) is 6.42 Å². The molecule has 1 fully saturated rings. The Morgan fingerprint density at radius 1 is 1.54 bits per heavy atom. The zero-order valence-electron chi connectivity index (χ0n) is 8.13. The quantitative estimate of drug-likeness (QED) is 0.677. The van der Waals surface area contributed by atoms with Gasteiger partial charge in [-0.15, -0.1) is 0 Å². The summed E-state index contributed by atoms with van der Waals surface area (Å²) in [5.74, 6) is -1.22. The molecule has 1 amide bonds. The van der Waals surface area contributed by atoms with E-state index in [9.17, 15) is 9.59 Å². The SMILES string of the molecule is CC(C)C(=O)N[C@]1(C(=O)O)CC1C. The van der Waals surface area contributed by atoms with Crippen LogP contribution in [0, 0.1) is 11.8 Å². The molecule has 0 aromatic carbocycles. The summed E-state index contributed by atoms with van der Waals surface area (Å²) in [5.41, 5.74) is -0.971. The molecule has 1 aliphatic rings. The van der Waals surface area contributed by atoms with Gasteiger partial charge >= 0.3 is 5.97 Å². The lowest BCUT2D eigenvalue weighted by atomic mass is 10.1. The van der Waals surface area contributed by atoms with Crippen LogP contribution in [-0.4, -0.2) is 22.5 Å². The van der Waals surface area contributed by atoms with Gasteiger partial charge in [-0.2, -0.15) is 0 Å². The highest BCUT2D eigenvalue weighted by Gasteiger charge is 2.59. The fourth-order valence-corrected chi connectivity index (χ4v) is 1.31. The summed E-state index contributed by atoms with van der Waals surface area (Å²) in [4.78, 5) is 22.1. The van der Waals surface area contributed by atoms with Crippen LogP contribution in [0.25, 0.3) is 0 Å². The molecule has 1 saturated carbocycles. The van der Waals surface area contributed by atoms with Crippen molar-refractivity contribution in [3.8, 4) is 0 Å². The second kappa shape index (κ2) is 3.01. The molecule has 2 N–H and O–H groups in total. The summed E-state index contributed by atoms with van der Waals surface area (Å²) in [6, 6.07) is 0. The monoisotopic (exact) mass is 185 g/mol. The highest BCUT2D eigenvalue weighted by atomic mass is 16.4. The van der Waals surface area contributed by atoms with E-state index in [-0.39, 0.29) is 17.7 Å². The lowest BCUT2D eigenvalue weighted by Crippen LogP contribution is -2.46. The molecule has 1 aliphatic carbocycles. The van der Waals surface area contributed by atoms with Gasteiger partial charge in [0.1, 0.15) is 5.54 Å². The second-order valence-corrected chi connectivity index (χ2v) is 4.03. The normalized spacial score (nSPS) is 31.5. The molecule has 0 aliphatic heterocycles.